The molecule has 0 aliphatic carbocycles. The maximum Gasteiger partial charge on any atom is 0.241 e. The van der Waals surface area contributed by atoms with Gasteiger partial charge in [-0.05, 0) is 43.5 Å². The average Bonchev–Trinajstić information content (AvgIpc) is 2.90. The van der Waals surface area contributed by atoms with Gasteiger partial charge < -0.3 is 10.2 Å². The summed E-state index contributed by atoms with van der Waals surface area (Å²) in [5, 5.41) is 12.0. The Hall–Kier alpha value is -2.02. The fraction of sp³-hybridized carbons (Fsp3) is 0.429. The van der Waals surface area contributed by atoms with Gasteiger partial charge in [0.1, 0.15) is 0 Å². The molecule has 1 amide bonds. The number of nitriles is 1. The molecule has 0 saturated carbocycles. The molecule has 1 aliphatic rings. The quantitative estimate of drug-likeness (QED) is 0.882. The fourth-order valence-electron chi connectivity index (χ4n) is 2.16. The highest BCUT2D eigenvalue weighted by Crippen LogP contribution is 2.14. The van der Waals surface area contributed by atoms with Crippen LogP contribution in [0.4, 0.5) is 5.69 Å². The molecule has 2 rings (SSSR count). The second-order valence-corrected chi connectivity index (χ2v) is 4.58. The van der Waals surface area contributed by atoms with Gasteiger partial charge in [0.2, 0.25) is 5.91 Å². The van der Waals surface area contributed by atoms with Crippen molar-refractivity contribution in [3.05, 3.63) is 29.3 Å². The molecule has 94 valence electrons. The number of hydrogen-bond donors (Lipinski definition) is 1. The predicted octanol–water partition coefficient (Wildman–Crippen LogP) is 1.90. The first-order chi connectivity index (χ1) is 8.70. The minimum Gasteiger partial charge on any atom is -0.376 e. The van der Waals surface area contributed by atoms with Gasteiger partial charge in [-0.3, -0.25) is 4.79 Å². The molecule has 4 nitrogen and oxygen atoms in total. The Bertz CT molecular complexity index is 484. The van der Waals surface area contributed by atoms with Crippen molar-refractivity contribution in [2.24, 2.45) is 0 Å². The number of nitrogens with one attached hydrogen (secondary N) is 1. The van der Waals surface area contributed by atoms with Crippen LogP contribution in [-0.2, 0) is 4.79 Å². The molecule has 0 bridgehead atoms. The van der Waals surface area contributed by atoms with E-state index in [1.54, 1.807) is 6.07 Å². The van der Waals surface area contributed by atoms with Gasteiger partial charge >= 0.3 is 0 Å². The van der Waals surface area contributed by atoms with Gasteiger partial charge in [-0.2, -0.15) is 5.26 Å². The van der Waals surface area contributed by atoms with E-state index in [-0.39, 0.29) is 5.91 Å². The number of likely N-dealkylation sites (tertiary alicyclic amines) is 1. The maximum absolute atomic E-state index is 11.8. The number of aryl methyl sites for hydroxylation is 1. The van der Waals surface area contributed by atoms with Crippen LogP contribution in [0, 0.1) is 18.3 Å². The lowest BCUT2D eigenvalue weighted by atomic mass is 10.1. The summed E-state index contributed by atoms with van der Waals surface area (Å²) in [5.74, 6) is 0.148. The van der Waals surface area contributed by atoms with Crippen LogP contribution in [0.5, 0.6) is 0 Å². The van der Waals surface area contributed by atoms with Crippen molar-refractivity contribution in [1.29, 1.82) is 5.26 Å². The SMILES string of the molecule is Cc1cc(NCC(=O)N2CCCC2)ccc1C#N. The van der Waals surface area contributed by atoms with E-state index < -0.39 is 0 Å². The van der Waals surface area contributed by atoms with Crippen LogP contribution in [0.15, 0.2) is 18.2 Å². The van der Waals surface area contributed by atoms with Gasteiger partial charge in [0.05, 0.1) is 18.2 Å². The molecule has 0 unspecified atom stereocenters. The molecular weight excluding hydrogens is 226 g/mol. The zero-order valence-electron chi connectivity index (χ0n) is 10.6. The summed E-state index contributed by atoms with van der Waals surface area (Å²) in [7, 11) is 0. The summed E-state index contributed by atoms with van der Waals surface area (Å²) in [4.78, 5) is 13.7. The van der Waals surface area contributed by atoms with Gasteiger partial charge in [0, 0.05) is 18.8 Å². The van der Waals surface area contributed by atoms with Crippen molar-refractivity contribution in [2.45, 2.75) is 19.8 Å². The Kier molecular flexibility index (Phi) is 3.83. The Labute approximate surface area is 107 Å². The number of nitrogens with zero attached hydrogens (tertiary/aromatic N) is 2. The molecule has 1 N–H and O–H groups in total. The maximum atomic E-state index is 11.8. The minimum absolute atomic E-state index is 0.148. The number of amides is 1. The van der Waals surface area contributed by atoms with Crippen LogP contribution in [0.25, 0.3) is 0 Å². The lowest BCUT2D eigenvalue weighted by Crippen LogP contribution is -2.32. The molecule has 0 radical (unpaired) electrons. The van der Waals surface area contributed by atoms with Crippen molar-refractivity contribution in [2.75, 3.05) is 25.0 Å². The highest BCUT2D eigenvalue weighted by atomic mass is 16.2. The van der Waals surface area contributed by atoms with Crippen LogP contribution < -0.4 is 5.32 Å². The molecule has 1 heterocycles. The second-order valence-electron chi connectivity index (χ2n) is 4.58. The first-order valence-corrected chi connectivity index (χ1v) is 6.23. The summed E-state index contributed by atoms with van der Waals surface area (Å²) >= 11 is 0. The van der Waals surface area contributed by atoms with E-state index in [1.807, 2.05) is 24.0 Å². The smallest absolute Gasteiger partial charge is 0.241 e. The average molecular weight is 243 g/mol. The van der Waals surface area contributed by atoms with Gasteiger partial charge in [-0.25, -0.2) is 0 Å². The topological polar surface area (TPSA) is 56.1 Å². The monoisotopic (exact) mass is 243 g/mol. The van der Waals surface area contributed by atoms with E-state index in [1.165, 1.54) is 0 Å². The number of hydrogen-bond acceptors (Lipinski definition) is 3. The van der Waals surface area contributed by atoms with Gasteiger partial charge in [0.15, 0.2) is 0 Å². The molecule has 1 aliphatic heterocycles. The standard InChI is InChI=1S/C14H17N3O/c1-11-8-13(5-4-12(11)9-15)16-10-14(18)17-6-2-3-7-17/h4-5,8,16H,2-3,6-7,10H2,1H3. The third-order valence-corrected chi connectivity index (χ3v) is 3.25. The molecule has 1 aromatic rings. The minimum atomic E-state index is 0.148. The molecule has 1 fully saturated rings. The Morgan fingerprint density at radius 3 is 2.78 bits per heavy atom. The zero-order chi connectivity index (χ0) is 13.0. The Morgan fingerprint density at radius 1 is 1.44 bits per heavy atom. The van der Waals surface area contributed by atoms with Crippen molar-refractivity contribution in [3.8, 4) is 6.07 Å². The highest BCUT2D eigenvalue weighted by Gasteiger charge is 2.17. The third-order valence-electron chi connectivity index (χ3n) is 3.25. The first kappa shape index (κ1) is 12.4. The van der Waals surface area contributed by atoms with E-state index in [2.05, 4.69) is 11.4 Å². The van der Waals surface area contributed by atoms with Crippen LogP contribution in [-0.4, -0.2) is 30.4 Å². The van der Waals surface area contributed by atoms with Crippen LogP contribution >= 0.6 is 0 Å². The van der Waals surface area contributed by atoms with E-state index in [9.17, 15) is 4.79 Å². The summed E-state index contributed by atoms with van der Waals surface area (Å²) < 4.78 is 0. The van der Waals surface area contributed by atoms with E-state index in [4.69, 9.17) is 5.26 Å². The molecular formula is C14H17N3O. The molecule has 0 aromatic heterocycles. The number of carbonyl (C=O) groups excluding carboxylic acids is 1. The Morgan fingerprint density at radius 2 is 2.17 bits per heavy atom. The van der Waals surface area contributed by atoms with Crippen molar-refractivity contribution >= 4 is 11.6 Å². The van der Waals surface area contributed by atoms with Crippen LogP contribution in [0.1, 0.15) is 24.0 Å². The number of benzene rings is 1. The molecule has 4 heteroatoms. The fourth-order valence-corrected chi connectivity index (χ4v) is 2.16. The van der Waals surface area contributed by atoms with Gasteiger partial charge in [0.25, 0.3) is 0 Å². The molecule has 0 spiro atoms. The second kappa shape index (κ2) is 5.54. The van der Waals surface area contributed by atoms with Crippen molar-refractivity contribution < 1.29 is 4.79 Å². The summed E-state index contributed by atoms with van der Waals surface area (Å²) in [5.41, 5.74) is 2.49. The van der Waals surface area contributed by atoms with E-state index >= 15 is 0 Å². The van der Waals surface area contributed by atoms with Crippen molar-refractivity contribution in [3.63, 3.8) is 0 Å². The zero-order valence-corrected chi connectivity index (χ0v) is 10.6. The summed E-state index contributed by atoms with van der Waals surface area (Å²) in [6, 6.07) is 7.64. The molecule has 1 saturated heterocycles. The van der Waals surface area contributed by atoms with E-state index in [0.717, 1.165) is 37.2 Å². The van der Waals surface area contributed by atoms with E-state index in [0.29, 0.717) is 12.1 Å². The molecule has 0 atom stereocenters. The number of rotatable bonds is 3. The summed E-state index contributed by atoms with van der Waals surface area (Å²) in [6.07, 6.45) is 2.23. The van der Waals surface area contributed by atoms with Crippen LogP contribution in [0.3, 0.4) is 0 Å². The number of anilines is 1. The number of carbonyl (C=O) groups is 1. The predicted molar refractivity (Wildman–Crippen MR) is 70.2 cm³/mol. The van der Waals surface area contributed by atoms with Crippen LogP contribution in [0.2, 0.25) is 0 Å². The molecule has 18 heavy (non-hydrogen) atoms. The van der Waals surface area contributed by atoms with Gasteiger partial charge in [-0.1, -0.05) is 0 Å². The Balaban J connectivity index is 1.92. The van der Waals surface area contributed by atoms with Gasteiger partial charge in [-0.15, -0.1) is 0 Å². The van der Waals surface area contributed by atoms with Crippen molar-refractivity contribution in [1.82, 2.24) is 4.90 Å². The highest BCUT2D eigenvalue weighted by molar-refractivity contribution is 5.81. The first-order valence-electron chi connectivity index (χ1n) is 6.23. The third kappa shape index (κ3) is 2.80. The molecule has 1 aromatic carbocycles. The normalized spacial score (nSPS) is 14.3. The lowest BCUT2D eigenvalue weighted by Gasteiger charge is -2.16. The largest absolute Gasteiger partial charge is 0.376 e. The lowest BCUT2D eigenvalue weighted by molar-refractivity contribution is -0.128. The summed E-state index contributed by atoms with van der Waals surface area (Å²) in [6.45, 7) is 3.98.